The van der Waals surface area contributed by atoms with Crippen LogP contribution in [-0.2, 0) is 4.74 Å². The molecule has 0 spiro atoms. The lowest BCUT2D eigenvalue weighted by Gasteiger charge is -2.01. The number of hydrogen-bond acceptors (Lipinski definition) is 1. The molecule has 0 bridgehead atoms. The van der Waals surface area contributed by atoms with Crippen molar-refractivity contribution >= 4 is 0 Å². The molecule has 0 saturated heterocycles. The van der Waals surface area contributed by atoms with Gasteiger partial charge >= 0.3 is 0 Å². The van der Waals surface area contributed by atoms with Gasteiger partial charge in [-0.2, -0.15) is 0 Å². The minimum atomic E-state index is -1.05. The van der Waals surface area contributed by atoms with Crippen LogP contribution in [0.5, 0.6) is 0 Å². The third-order valence-corrected chi connectivity index (χ3v) is 0.706. The Kier molecular flexibility index (Phi) is 8.87. The maximum Gasteiger partial charge on any atom is 0.153 e. The van der Waals surface area contributed by atoms with Crippen molar-refractivity contribution < 1.29 is 9.13 Å². The number of ether oxygens (including phenoxy) is 1. The molecule has 0 aliphatic carbocycles. The van der Waals surface area contributed by atoms with Crippen LogP contribution in [0.15, 0.2) is 25.5 Å². The van der Waals surface area contributed by atoms with Crippen LogP contribution in [0.4, 0.5) is 4.39 Å². The smallest absolute Gasteiger partial charge is 0.153 e. The van der Waals surface area contributed by atoms with Gasteiger partial charge in [-0.3, -0.25) is 0 Å². The lowest BCUT2D eigenvalue weighted by Crippen LogP contribution is -1.97. The van der Waals surface area contributed by atoms with Gasteiger partial charge in [0.2, 0.25) is 0 Å². The summed E-state index contributed by atoms with van der Waals surface area (Å²) in [5.74, 6) is 0.181. The van der Waals surface area contributed by atoms with E-state index in [1.54, 1.807) is 0 Å². The van der Waals surface area contributed by atoms with Crippen molar-refractivity contribution in [1.82, 2.24) is 0 Å². The van der Waals surface area contributed by atoms with Gasteiger partial charge in [-0.25, -0.2) is 4.39 Å². The first kappa shape index (κ1) is 11.1. The predicted molar refractivity (Wildman–Crippen MR) is 38.0 cm³/mol. The average Bonchev–Trinajstić information content (AvgIpc) is 1.91. The van der Waals surface area contributed by atoms with E-state index in [4.69, 9.17) is 0 Å². The van der Waals surface area contributed by atoms with E-state index in [0.717, 1.165) is 0 Å². The summed E-state index contributed by atoms with van der Waals surface area (Å²) in [6, 6.07) is 0. The van der Waals surface area contributed by atoms with Crippen LogP contribution in [0.2, 0.25) is 0 Å². The molecule has 0 rings (SSSR count). The SMILES string of the molecule is C=C.C=C(OC)C(C)F. The largest absolute Gasteiger partial charge is 0.499 e. The Morgan fingerprint density at radius 3 is 1.89 bits per heavy atom. The summed E-state index contributed by atoms with van der Waals surface area (Å²) in [6.45, 7) is 10.7. The molecule has 1 nitrogen and oxygen atoms in total. The van der Waals surface area contributed by atoms with Crippen molar-refractivity contribution in [1.29, 1.82) is 0 Å². The van der Waals surface area contributed by atoms with Crippen LogP contribution >= 0.6 is 0 Å². The second-order valence-electron chi connectivity index (χ2n) is 1.29. The summed E-state index contributed by atoms with van der Waals surface area (Å²) in [7, 11) is 1.40. The first-order chi connectivity index (χ1) is 4.18. The summed E-state index contributed by atoms with van der Waals surface area (Å²) in [5, 5.41) is 0. The van der Waals surface area contributed by atoms with Crippen LogP contribution < -0.4 is 0 Å². The zero-order valence-electron chi connectivity index (χ0n) is 5.98. The van der Waals surface area contributed by atoms with Gasteiger partial charge < -0.3 is 4.74 Å². The van der Waals surface area contributed by atoms with Gasteiger partial charge in [0.25, 0.3) is 0 Å². The van der Waals surface area contributed by atoms with Crippen molar-refractivity contribution in [3.8, 4) is 0 Å². The van der Waals surface area contributed by atoms with Gasteiger partial charge in [0.15, 0.2) is 6.17 Å². The third-order valence-electron chi connectivity index (χ3n) is 0.706. The fourth-order valence-corrected chi connectivity index (χ4v) is 0.162. The molecule has 0 heterocycles. The molecule has 0 aromatic carbocycles. The van der Waals surface area contributed by atoms with Gasteiger partial charge in [0.1, 0.15) is 5.76 Å². The van der Waals surface area contributed by atoms with Crippen molar-refractivity contribution in [2.24, 2.45) is 0 Å². The maximum absolute atomic E-state index is 11.9. The van der Waals surface area contributed by atoms with Crippen molar-refractivity contribution in [2.75, 3.05) is 7.11 Å². The number of halogens is 1. The highest BCUT2D eigenvalue weighted by molar-refractivity contribution is 4.87. The summed E-state index contributed by atoms with van der Waals surface area (Å²) >= 11 is 0. The van der Waals surface area contributed by atoms with Crippen LogP contribution in [0.1, 0.15) is 6.92 Å². The molecular formula is C7H13FO. The molecule has 2 heteroatoms. The van der Waals surface area contributed by atoms with E-state index in [1.165, 1.54) is 14.0 Å². The lowest BCUT2D eigenvalue weighted by molar-refractivity contribution is 0.216. The van der Waals surface area contributed by atoms with Gasteiger partial charge in [-0.15, -0.1) is 13.2 Å². The molecule has 0 aromatic rings. The number of allylic oxidation sites excluding steroid dienone is 1. The van der Waals surface area contributed by atoms with E-state index in [9.17, 15) is 4.39 Å². The Balaban J connectivity index is 0. The van der Waals surface area contributed by atoms with Gasteiger partial charge in [-0.1, -0.05) is 6.58 Å². The van der Waals surface area contributed by atoms with Gasteiger partial charge in [0, 0.05) is 0 Å². The number of rotatable bonds is 2. The molecule has 0 aliphatic heterocycles. The highest BCUT2D eigenvalue weighted by Gasteiger charge is 1.99. The Hall–Kier alpha value is -0.790. The van der Waals surface area contributed by atoms with E-state index in [2.05, 4.69) is 24.5 Å². The van der Waals surface area contributed by atoms with E-state index < -0.39 is 6.17 Å². The predicted octanol–water partition coefficient (Wildman–Crippen LogP) is 2.31. The minimum absolute atomic E-state index is 0.181. The maximum atomic E-state index is 11.9. The van der Waals surface area contributed by atoms with Crippen LogP contribution in [-0.4, -0.2) is 13.3 Å². The molecule has 0 amide bonds. The highest BCUT2D eigenvalue weighted by atomic mass is 19.1. The lowest BCUT2D eigenvalue weighted by atomic mass is 10.4. The van der Waals surface area contributed by atoms with Gasteiger partial charge in [-0.05, 0) is 6.92 Å². The fourth-order valence-electron chi connectivity index (χ4n) is 0.162. The second kappa shape index (κ2) is 7.21. The first-order valence-electron chi connectivity index (χ1n) is 2.55. The molecular weight excluding hydrogens is 119 g/mol. The van der Waals surface area contributed by atoms with E-state index in [1.807, 2.05) is 0 Å². The van der Waals surface area contributed by atoms with Crippen LogP contribution in [0.3, 0.4) is 0 Å². The fraction of sp³-hybridized carbons (Fsp3) is 0.429. The number of hydrogen-bond donors (Lipinski definition) is 0. The topological polar surface area (TPSA) is 9.23 Å². The minimum Gasteiger partial charge on any atom is -0.499 e. The van der Waals surface area contributed by atoms with E-state index in [0.29, 0.717) is 0 Å². The first-order valence-corrected chi connectivity index (χ1v) is 2.55. The standard InChI is InChI=1S/C5H9FO.C2H4/c1-4(6)5(2)7-3;1-2/h4H,2H2,1,3H3;1-2H2. The average molecular weight is 132 g/mol. The van der Waals surface area contributed by atoms with Gasteiger partial charge in [0.05, 0.1) is 7.11 Å². The molecule has 0 saturated carbocycles. The molecule has 0 radical (unpaired) electrons. The van der Waals surface area contributed by atoms with Crippen LogP contribution in [0.25, 0.3) is 0 Å². The summed E-state index contributed by atoms with van der Waals surface area (Å²) in [5.41, 5.74) is 0. The van der Waals surface area contributed by atoms with Crippen LogP contribution in [0, 0.1) is 0 Å². The summed E-state index contributed by atoms with van der Waals surface area (Å²) in [4.78, 5) is 0. The Bertz CT molecular complexity index is 79.0. The molecule has 1 atom stereocenters. The Morgan fingerprint density at radius 1 is 1.56 bits per heavy atom. The molecule has 0 fully saturated rings. The molecule has 0 N–H and O–H groups in total. The highest BCUT2D eigenvalue weighted by Crippen LogP contribution is 2.01. The normalized spacial score (nSPS) is 10.6. The molecule has 0 aliphatic rings. The van der Waals surface area contributed by atoms with Crippen molar-refractivity contribution in [3.05, 3.63) is 25.5 Å². The molecule has 9 heavy (non-hydrogen) atoms. The Labute approximate surface area is 55.8 Å². The number of alkyl halides is 1. The number of methoxy groups -OCH3 is 1. The van der Waals surface area contributed by atoms with Crippen molar-refractivity contribution in [2.45, 2.75) is 13.1 Å². The summed E-state index contributed by atoms with van der Waals surface area (Å²) < 4.78 is 16.3. The van der Waals surface area contributed by atoms with Crippen molar-refractivity contribution in [3.63, 3.8) is 0 Å². The summed E-state index contributed by atoms with van der Waals surface area (Å²) in [6.07, 6.45) is -1.05. The zero-order valence-corrected chi connectivity index (χ0v) is 5.98. The molecule has 54 valence electrons. The Morgan fingerprint density at radius 2 is 1.89 bits per heavy atom. The second-order valence-corrected chi connectivity index (χ2v) is 1.29. The quantitative estimate of drug-likeness (QED) is 0.414. The molecule has 1 unspecified atom stereocenters. The monoisotopic (exact) mass is 132 g/mol. The molecule has 0 aromatic heterocycles. The van der Waals surface area contributed by atoms with E-state index in [-0.39, 0.29) is 5.76 Å². The van der Waals surface area contributed by atoms with E-state index >= 15 is 0 Å². The zero-order chi connectivity index (χ0) is 7.86. The third kappa shape index (κ3) is 7.21.